The van der Waals surface area contributed by atoms with Crippen molar-refractivity contribution < 1.29 is 14.9 Å². The Bertz CT molecular complexity index is 404. The van der Waals surface area contributed by atoms with Gasteiger partial charge in [0, 0.05) is 26.3 Å². The van der Waals surface area contributed by atoms with Crippen molar-refractivity contribution in [3.05, 3.63) is 0 Å². The Balaban J connectivity index is 1.64. The van der Waals surface area contributed by atoms with Gasteiger partial charge in [-0.25, -0.2) is 4.90 Å². The monoisotopic (exact) mass is 331 g/mol. The third-order valence-electron chi connectivity index (χ3n) is 4.91. The maximum atomic E-state index is 10.4. The van der Waals surface area contributed by atoms with Gasteiger partial charge in [-0.05, 0) is 7.05 Å². The first kappa shape index (κ1) is 17.4. The van der Waals surface area contributed by atoms with Crippen molar-refractivity contribution >= 4 is 0 Å². The van der Waals surface area contributed by atoms with Crippen LogP contribution in [0.1, 0.15) is 0 Å². The molecule has 3 rings (SSSR count). The van der Waals surface area contributed by atoms with E-state index in [1.54, 1.807) is 0 Å². The molecule has 0 saturated carbocycles. The Labute approximate surface area is 136 Å². The number of likely N-dealkylation sites (N-methyl/N-ethyl adjacent to an activating group) is 1. The van der Waals surface area contributed by atoms with E-state index in [0.29, 0.717) is 33.0 Å². The zero-order valence-corrected chi connectivity index (χ0v) is 13.4. The number of ether oxygens (including phenoxy) is 1. The fourth-order valence-electron chi connectivity index (χ4n) is 3.62. The Morgan fingerprint density at radius 1 is 1.26 bits per heavy atom. The van der Waals surface area contributed by atoms with Gasteiger partial charge in [0.2, 0.25) is 0 Å². The van der Waals surface area contributed by atoms with Crippen LogP contribution in [0.4, 0.5) is 0 Å². The molecule has 10 heteroatoms. The van der Waals surface area contributed by atoms with Crippen LogP contribution in [0.3, 0.4) is 0 Å². The zero-order valence-electron chi connectivity index (χ0n) is 13.4. The van der Waals surface area contributed by atoms with E-state index in [0.717, 1.165) is 0 Å². The summed E-state index contributed by atoms with van der Waals surface area (Å²) in [5.74, 6) is 0. The number of fused-ring (bicyclic) bond motifs is 1. The number of nitrogens with zero attached hydrogens (tertiary/aromatic N) is 2. The molecule has 3 fully saturated rings. The standard InChI is InChI=1S/C13H29N7O3/c1-19(3-2-14)4-7-9(21)10(22)13(23-7)20-6-18-8-11(15)16-5-17-12(8)20/h7-13,16-18,21-22H,2-6,14-15H2,1H3/t7-,8?,9-,10-,11?,12?,13-/m1/s1. The van der Waals surface area contributed by atoms with Gasteiger partial charge < -0.3 is 31.3 Å². The van der Waals surface area contributed by atoms with E-state index in [-0.39, 0.29) is 18.4 Å². The van der Waals surface area contributed by atoms with Crippen molar-refractivity contribution in [1.82, 2.24) is 25.8 Å². The van der Waals surface area contributed by atoms with E-state index >= 15 is 0 Å². The number of aliphatic hydroxyl groups is 2. The van der Waals surface area contributed by atoms with E-state index in [4.69, 9.17) is 16.2 Å². The second kappa shape index (κ2) is 7.23. The highest BCUT2D eigenvalue weighted by atomic mass is 16.6. The molecule has 0 amide bonds. The number of nitrogens with two attached hydrogens (primary N) is 2. The molecule has 3 aliphatic heterocycles. The SMILES string of the molecule is CN(CCN)C[C@H]1O[C@@H](N2CNC3C(N)NCNC32)[C@H](O)[C@@H]1O. The van der Waals surface area contributed by atoms with Crippen molar-refractivity contribution in [2.45, 2.75) is 42.9 Å². The van der Waals surface area contributed by atoms with Crippen LogP contribution in [-0.2, 0) is 4.74 Å². The van der Waals surface area contributed by atoms with E-state index in [9.17, 15) is 10.2 Å². The van der Waals surface area contributed by atoms with Crippen molar-refractivity contribution in [2.24, 2.45) is 11.5 Å². The third kappa shape index (κ3) is 3.37. The predicted octanol–water partition coefficient (Wildman–Crippen LogP) is -4.68. The van der Waals surface area contributed by atoms with Gasteiger partial charge >= 0.3 is 0 Å². The molecule has 0 bridgehead atoms. The number of hydrogen-bond donors (Lipinski definition) is 7. The van der Waals surface area contributed by atoms with Crippen molar-refractivity contribution in [3.8, 4) is 0 Å². The van der Waals surface area contributed by atoms with Crippen LogP contribution < -0.4 is 27.4 Å². The first-order valence-electron chi connectivity index (χ1n) is 8.14. The number of aliphatic hydroxyl groups excluding tert-OH is 2. The van der Waals surface area contributed by atoms with Gasteiger partial charge in [-0.2, -0.15) is 0 Å². The Morgan fingerprint density at radius 2 is 2.04 bits per heavy atom. The molecule has 7 atom stereocenters. The fourth-order valence-corrected chi connectivity index (χ4v) is 3.62. The van der Waals surface area contributed by atoms with E-state index in [2.05, 4.69) is 16.0 Å². The Hall–Kier alpha value is -0.400. The van der Waals surface area contributed by atoms with Crippen LogP contribution in [0.15, 0.2) is 0 Å². The predicted molar refractivity (Wildman–Crippen MR) is 83.8 cm³/mol. The van der Waals surface area contributed by atoms with Gasteiger partial charge in [0.1, 0.15) is 24.5 Å². The highest BCUT2D eigenvalue weighted by Crippen LogP contribution is 2.28. The molecule has 9 N–H and O–H groups in total. The summed E-state index contributed by atoms with van der Waals surface area (Å²) in [5, 5.41) is 30.5. The molecule has 0 aromatic rings. The van der Waals surface area contributed by atoms with Crippen LogP contribution >= 0.6 is 0 Å². The van der Waals surface area contributed by atoms with Crippen molar-refractivity contribution in [3.63, 3.8) is 0 Å². The molecule has 0 aromatic carbocycles. The molecule has 3 unspecified atom stereocenters. The highest BCUT2D eigenvalue weighted by molar-refractivity contribution is 5.01. The lowest BCUT2D eigenvalue weighted by molar-refractivity contribution is -0.106. The second-order valence-corrected chi connectivity index (χ2v) is 6.56. The van der Waals surface area contributed by atoms with Crippen LogP contribution in [0.5, 0.6) is 0 Å². The van der Waals surface area contributed by atoms with Gasteiger partial charge in [-0.3, -0.25) is 16.0 Å². The Kier molecular flexibility index (Phi) is 5.48. The molecule has 0 radical (unpaired) electrons. The molecule has 3 saturated heterocycles. The van der Waals surface area contributed by atoms with E-state index in [1.807, 2.05) is 16.8 Å². The van der Waals surface area contributed by atoms with Crippen LogP contribution in [0.25, 0.3) is 0 Å². The minimum atomic E-state index is -0.959. The number of hydrogen-bond acceptors (Lipinski definition) is 10. The summed E-state index contributed by atoms with van der Waals surface area (Å²) in [6, 6.07) is 0.0238. The first-order valence-corrected chi connectivity index (χ1v) is 8.14. The maximum Gasteiger partial charge on any atom is 0.142 e. The third-order valence-corrected chi connectivity index (χ3v) is 4.91. The van der Waals surface area contributed by atoms with E-state index in [1.165, 1.54) is 0 Å². The largest absolute Gasteiger partial charge is 0.387 e. The van der Waals surface area contributed by atoms with Crippen molar-refractivity contribution in [2.75, 3.05) is 40.0 Å². The lowest BCUT2D eigenvalue weighted by Gasteiger charge is -2.38. The van der Waals surface area contributed by atoms with Gasteiger partial charge in [-0.15, -0.1) is 0 Å². The minimum absolute atomic E-state index is 0.0238. The first-order chi connectivity index (χ1) is 11.0. The molecule has 0 spiro atoms. The average Bonchev–Trinajstić information content (AvgIpc) is 3.05. The summed E-state index contributed by atoms with van der Waals surface area (Å²) in [4.78, 5) is 3.98. The summed E-state index contributed by atoms with van der Waals surface area (Å²) in [5.41, 5.74) is 11.6. The normalized spacial score (nSPS) is 44.9. The minimum Gasteiger partial charge on any atom is -0.387 e. The lowest BCUT2D eigenvalue weighted by Crippen LogP contribution is -2.68. The summed E-state index contributed by atoms with van der Waals surface area (Å²) >= 11 is 0. The molecular weight excluding hydrogens is 302 g/mol. The molecule has 3 heterocycles. The summed E-state index contributed by atoms with van der Waals surface area (Å²) in [7, 11) is 1.92. The molecule has 3 aliphatic rings. The van der Waals surface area contributed by atoms with Crippen LogP contribution in [0, 0.1) is 0 Å². The average molecular weight is 331 g/mol. The van der Waals surface area contributed by atoms with Crippen molar-refractivity contribution in [1.29, 1.82) is 0 Å². The summed E-state index contributed by atoms with van der Waals surface area (Å²) in [6.07, 6.45) is -3.10. The molecular formula is C13H29N7O3. The number of rotatable bonds is 5. The zero-order chi connectivity index (χ0) is 16.6. The molecule has 23 heavy (non-hydrogen) atoms. The Morgan fingerprint density at radius 3 is 2.78 bits per heavy atom. The van der Waals surface area contributed by atoms with Gasteiger partial charge in [0.15, 0.2) is 0 Å². The summed E-state index contributed by atoms with van der Waals surface area (Å²) < 4.78 is 5.97. The lowest BCUT2D eigenvalue weighted by atomic mass is 10.1. The van der Waals surface area contributed by atoms with Gasteiger partial charge in [0.05, 0.1) is 25.0 Å². The highest BCUT2D eigenvalue weighted by Gasteiger charge is 2.51. The van der Waals surface area contributed by atoms with Gasteiger partial charge in [-0.1, -0.05) is 0 Å². The maximum absolute atomic E-state index is 10.4. The topological polar surface area (TPSA) is 144 Å². The molecule has 134 valence electrons. The smallest absolute Gasteiger partial charge is 0.142 e. The fraction of sp³-hybridized carbons (Fsp3) is 1.00. The number of nitrogens with one attached hydrogen (secondary N) is 3. The van der Waals surface area contributed by atoms with Crippen LogP contribution in [0.2, 0.25) is 0 Å². The van der Waals surface area contributed by atoms with Gasteiger partial charge in [0.25, 0.3) is 0 Å². The van der Waals surface area contributed by atoms with Crippen LogP contribution in [-0.4, -0.2) is 103 Å². The molecule has 0 aliphatic carbocycles. The van der Waals surface area contributed by atoms with E-state index < -0.39 is 24.5 Å². The molecule has 0 aromatic heterocycles. The second-order valence-electron chi connectivity index (χ2n) is 6.56. The quantitative estimate of drug-likeness (QED) is 0.262. The summed E-state index contributed by atoms with van der Waals surface area (Å²) in [6.45, 7) is 2.91. The molecule has 10 nitrogen and oxygen atoms in total.